The first kappa shape index (κ1) is 18.7. The number of hydrogen-bond acceptors (Lipinski definition) is 4. The van der Waals surface area contributed by atoms with Gasteiger partial charge in [0.1, 0.15) is 17.6 Å². The molecule has 2 N–H and O–H groups in total. The molecule has 1 aliphatic heterocycles. The van der Waals surface area contributed by atoms with E-state index in [1.165, 1.54) is 36.4 Å². The van der Waals surface area contributed by atoms with Gasteiger partial charge in [0.05, 0.1) is 20.8 Å². The maximum Gasteiger partial charge on any atom is 0.319 e. The summed E-state index contributed by atoms with van der Waals surface area (Å²) in [5.41, 5.74) is 1.29. The molecule has 0 aromatic heterocycles. The summed E-state index contributed by atoms with van der Waals surface area (Å²) in [7, 11) is 2.98. The van der Waals surface area contributed by atoms with Gasteiger partial charge in [-0.05, 0) is 42.0 Å². The fraction of sp³-hybridized carbons (Fsp3) is 0.263. The maximum atomic E-state index is 13.0. The second kappa shape index (κ2) is 8.05. The number of amides is 3. The summed E-state index contributed by atoms with van der Waals surface area (Å²) in [5.74, 6) is -0.331. The Balaban J connectivity index is 1.75. The molecule has 3 amide bonds. The SMILES string of the molecule is COc1ccc([C@H]2CN(OC)C(=O)[C@@H]2NC(=O)Nc2ccc(F)cc2)cc1. The fourth-order valence-electron chi connectivity index (χ4n) is 3.02. The Bertz CT molecular complexity index is 811. The second-order valence-electron chi connectivity index (χ2n) is 6.04. The highest BCUT2D eigenvalue weighted by Gasteiger charge is 2.42. The van der Waals surface area contributed by atoms with E-state index in [0.29, 0.717) is 18.0 Å². The molecule has 0 unspecified atom stereocenters. The highest BCUT2D eigenvalue weighted by Crippen LogP contribution is 2.30. The molecule has 27 heavy (non-hydrogen) atoms. The van der Waals surface area contributed by atoms with Gasteiger partial charge in [-0.15, -0.1) is 0 Å². The van der Waals surface area contributed by atoms with Crippen LogP contribution in [0, 0.1) is 5.82 Å². The Morgan fingerprint density at radius 1 is 1.11 bits per heavy atom. The average Bonchev–Trinajstić information content (AvgIpc) is 2.99. The van der Waals surface area contributed by atoms with Crippen LogP contribution in [0.25, 0.3) is 0 Å². The predicted molar refractivity (Wildman–Crippen MR) is 96.8 cm³/mol. The first-order chi connectivity index (χ1) is 13.0. The number of hydrogen-bond donors (Lipinski definition) is 2. The summed E-state index contributed by atoms with van der Waals surface area (Å²) in [4.78, 5) is 30.0. The zero-order valence-electron chi connectivity index (χ0n) is 14.9. The minimum absolute atomic E-state index is 0.290. The number of rotatable bonds is 5. The van der Waals surface area contributed by atoms with Gasteiger partial charge in [-0.2, -0.15) is 0 Å². The van der Waals surface area contributed by atoms with E-state index >= 15 is 0 Å². The molecule has 3 rings (SSSR count). The molecule has 8 heteroatoms. The molecule has 0 saturated carbocycles. The molecule has 2 aromatic carbocycles. The van der Waals surface area contributed by atoms with Crippen LogP contribution in [-0.2, 0) is 9.63 Å². The molecule has 0 spiro atoms. The number of nitrogens with one attached hydrogen (secondary N) is 2. The molecule has 1 heterocycles. The van der Waals surface area contributed by atoms with Crippen molar-refractivity contribution in [1.29, 1.82) is 0 Å². The molecular weight excluding hydrogens is 353 g/mol. The second-order valence-corrected chi connectivity index (χ2v) is 6.04. The summed E-state index contributed by atoms with van der Waals surface area (Å²) < 4.78 is 18.1. The minimum atomic E-state index is -0.793. The van der Waals surface area contributed by atoms with E-state index in [4.69, 9.17) is 9.57 Å². The third kappa shape index (κ3) is 4.17. The van der Waals surface area contributed by atoms with Crippen molar-refractivity contribution < 1.29 is 23.6 Å². The molecule has 1 aliphatic rings. The summed E-state index contributed by atoms with van der Waals surface area (Å²) in [6, 6.07) is 11.3. The lowest BCUT2D eigenvalue weighted by atomic mass is 9.94. The summed E-state index contributed by atoms with van der Waals surface area (Å²) in [5, 5.41) is 6.50. The van der Waals surface area contributed by atoms with E-state index in [-0.39, 0.29) is 11.8 Å². The van der Waals surface area contributed by atoms with Crippen LogP contribution < -0.4 is 15.4 Å². The lowest BCUT2D eigenvalue weighted by Crippen LogP contribution is -2.45. The molecule has 1 fully saturated rings. The highest BCUT2D eigenvalue weighted by molar-refractivity contribution is 5.95. The zero-order chi connectivity index (χ0) is 19.4. The van der Waals surface area contributed by atoms with E-state index in [1.54, 1.807) is 19.2 Å². The third-order valence-corrected chi connectivity index (χ3v) is 4.43. The molecule has 0 aliphatic carbocycles. The first-order valence-electron chi connectivity index (χ1n) is 8.34. The van der Waals surface area contributed by atoms with Crippen LogP contribution in [0.15, 0.2) is 48.5 Å². The fourth-order valence-corrected chi connectivity index (χ4v) is 3.02. The largest absolute Gasteiger partial charge is 0.497 e. The molecular formula is C19H20FN3O4. The first-order valence-corrected chi connectivity index (χ1v) is 8.34. The van der Waals surface area contributed by atoms with Crippen molar-refractivity contribution in [3.8, 4) is 5.75 Å². The number of ether oxygens (including phenoxy) is 1. The van der Waals surface area contributed by atoms with E-state index in [2.05, 4.69) is 10.6 Å². The van der Waals surface area contributed by atoms with Crippen molar-refractivity contribution in [2.75, 3.05) is 26.1 Å². The Morgan fingerprint density at radius 3 is 2.37 bits per heavy atom. The highest BCUT2D eigenvalue weighted by atomic mass is 19.1. The summed E-state index contributed by atoms with van der Waals surface area (Å²) >= 11 is 0. The van der Waals surface area contributed by atoms with Gasteiger partial charge in [-0.3, -0.25) is 9.63 Å². The van der Waals surface area contributed by atoms with Crippen LogP contribution in [0.2, 0.25) is 0 Å². The van der Waals surface area contributed by atoms with Gasteiger partial charge in [-0.25, -0.2) is 14.2 Å². The number of halogens is 1. The smallest absolute Gasteiger partial charge is 0.319 e. The number of hydroxylamine groups is 2. The topological polar surface area (TPSA) is 79.9 Å². The lowest BCUT2D eigenvalue weighted by Gasteiger charge is -2.19. The van der Waals surface area contributed by atoms with Crippen molar-refractivity contribution in [2.24, 2.45) is 0 Å². The normalized spacial score (nSPS) is 19.1. The molecule has 0 bridgehead atoms. The van der Waals surface area contributed by atoms with Crippen molar-refractivity contribution in [2.45, 2.75) is 12.0 Å². The van der Waals surface area contributed by atoms with E-state index in [0.717, 1.165) is 5.56 Å². The van der Waals surface area contributed by atoms with E-state index in [1.807, 2.05) is 12.1 Å². The van der Waals surface area contributed by atoms with E-state index in [9.17, 15) is 14.0 Å². The van der Waals surface area contributed by atoms with Gasteiger partial charge in [0, 0.05) is 11.6 Å². The van der Waals surface area contributed by atoms with Gasteiger partial charge >= 0.3 is 6.03 Å². The Kier molecular flexibility index (Phi) is 5.56. The Labute approximate surface area is 156 Å². The van der Waals surface area contributed by atoms with Gasteiger partial charge < -0.3 is 15.4 Å². The van der Waals surface area contributed by atoms with Gasteiger partial charge in [0.2, 0.25) is 0 Å². The molecule has 2 atom stereocenters. The summed E-state index contributed by atoms with van der Waals surface area (Å²) in [6.07, 6.45) is 0. The minimum Gasteiger partial charge on any atom is -0.497 e. The zero-order valence-corrected chi connectivity index (χ0v) is 14.9. The van der Waals surface area contributed by atoms with Crippen LogP contribution in [0.5, 0.6) is 5.75 Å². The quantitative estimate of drug-likeness (QED) is 0.844. The Hall–Kier alpha value is -3.13. The standard InChI is InChI=1S/C19H20FN3O4/c1-26-15-9-3-12(4-10-15)16-11-23(27-2)18(24)17(16)22-19(25)21-14-7-5-13(20)6-8-14/h3-10,16-17H,11H2,1-2H3,(H2,21,22,25)/t16-,17-/m1/s1. The van der Waals surface area contributed by atoms with Crippen LogP contribution in [0.4, 0.5) is 14.9 Å². The maximum absolute atomic E-state index is 13.0. The third-order valence-electron chi connectivity index (χ3n) is 4.43. The average molecular weight is 373 g/mol. The van der Waals surface area contributed by atoms with Crippen molar-refractivity contribution in [3.63, 3.8) is 0 Å². The number of benzene rings is 2. The lowest BCUT2D eigenvalue weighted by molar-refractivity contribution is -0.168. The molecule has 2 aromatic rings. The van der Waals surface area contributed by atoms with Gasteiger partial charge in [-0.1, -0.05) is 12.1 Å². The molecule has 142 valence electrons. The van der Waals surface area contributed by atoms with Crippen molar-refractivity contribution >= 4 is 17.6 Å². The number of urea groups is 1. The number of carbonyl (C=O) groups excluding carboxylic acids is 2. The van der Waals surface area contributed by atoms with Gasteiger partial charge in [0.25, 0.3) is 5.91 Å². The van der Waals surface area contributed by atoms with Crippen LogP contribution in [0.3, 0.4) is 0 Å². The monoisotopic (exact) mass is 373 g/mol. The Morgan fingerprint density at radius 2 is 1.78 bits per heavy atom. The molecule has 0 radical (unpaired) electrons. The van der Waals surface area contributed by atoms with Crippen molar-refractivity contribution in [1.82, 2.24) is 10.4 Å². The molecule has 1 saturated heterocycles. The van der Waals surface area contributed by atoms with Crippen LogP contribution >= 0.6 is 0 Å². The number of nitrogens with zero attached hydrogens (tertiary/aromatic N) is 1. The number of carbonyl (C=O) groups is 2. The van der Waals surface area contributed by atoms with Crippen LogP contribution in [0.1, 0.15) is 11.5 Å². The van der Waals surface area contributed by atoms with Gasteiger partial charge in [0.15, 0.2) is 0 Å². The molecule has 7 nitrogen and oxygen atoms in total. The van der Waals surface area contributed by atoms with E-state index < -0.39 is 17.9 Å². The summed E-state index contributed by atoms with van der Waals surface area (Å²) in [6.45, 7) is 0.309. The van der Waals surface area contributed by atoms with Crippen LogP contribution in [-0.4, -0.2) is 43.8 Å². The number of anilines is 1. The predicted octanol–water partition coefficient (Wildman–Crippen LogP) is 2.51. The number of methoxy groups -OCH3 is 1. The van der Waals surface area contributed by atoms with Crippen molar-refractivity contribution in [3.05, 3.63) is 59.9 Å².